The number of hydrogen-bond donors (Lipinski definition) is 2. The van der Waals surface area contributed by atoms with Gasteiger partial charge in [0.25, 0.3) is 0 Å². The first-order chi connectivity index (χ1) is 3.85. The van der Waals surface area contributed by atoms with Crippen LogP contribution in [0, 0.1) is 0 Å². The molecular weight excluding hydrogens is 102 g/mol. The number of nitrogens with one attached hydrogen (secondary N) is 1. The summed E-state index contributed by atoms with van der Waals surface area (Å²) in [5.41, 5.74) is 2.59. The van der Waals surface area contributed by atoms with E-state index in [0.29, 0.717) is 0 Å². The molecule has 0 aliphatic rings. The van der Waals surface area contributed by atoms with E-state index in [1.807, 2.05) is 5.01 Å². The highest BCUT2D eigenvalue weighted by molar-refractivity contribution is 4.40. The smallest absolute Gasteiger partial charge is 0.0141 e. The fourth-order valence-corrected chi connectivity index (χ4v) is 0.584. The predicted octanol–water partition coefficient (Wildman–Crippen LogP) is 0.0966. The van der Waals surface area contributed by atoms with Gasteiger partial charge in [0.15, 0.2) is 0 Å². The molecule has 3 nitrogen and oxygen atoms in total. The highest BCUT2D eigenvalue weighted by Crippen LogP contribution is 1.81. The van der Waals surface area contributed by atoms with Gasteiger partial charge in [-0.1, -0.05) is 13.8 Å². The molecule has 0 aromatic rings. The Kier molecular flexibility index (Phi) is 4.95. The SMILES string of the molecule is CCCN(CC)NN. The summed E-state index contributed by atoms with van der Waals surface area (Å²) >= 11 is 0. The van der Waals surface area contributed by atoms with Crippen molar-refractivity contribution < 1.29 is 0 Å². The summed E-state index contributed by atoms with van der Waals surface area (Å²) in [4.78, 5) is 0. The first-order valence-corrected chi connectivity index (χ1v) is 3.06. The topological polar surface area (TPSA) is 41.3 Å². The quantitative estimate of drug-likeness (QED) is 0.405. The van der Waals surface area contributed by atoms with Crippen molar-refractivity contribution in [1.29, 1.82) is 0 Å². The van der Waals surface area contributed by atoms with Crippen LogP contribution in [0.2, 0.25) is 0 Å². The van der Waals surface area contributed by atoms with Crippen molar-refractivity contribution >= 4 is 0 Å². The maximum Gasteiger partial charge on any atom is 0.0141 e. The summed E-state index contributed by atoms with van der Waals surface area (Å²) in [7, 11) is 0. The van der Waals surface area contributed by atoms with Crippen LogP contribution < -0.4 is 11.4 Å². The largest absolute Gasteiger partial charge is 0.258 e. The molecule has 0 aliphatic heterocycles. The van der Waals surface area contributed by atoms with Crippen LogP contribution in [-0.4, -0.2) is 18.1 Å². The molecule has 0 aromatic heterocycles. The van der Waals surface area contributed by atoms with Gasteiger partial charge < -0.3 is 0 Å². The Morgan fingerprint density at radius 2 is 2.12 bits per heavy atom. The van der Waals surface area contributed by atoms with Crippen LogP contribution in [0.4, 0.5) is 0 Å². The summed E-state index contributed by atoms with van der Waals surface area (Å²) in [5.74, 6) is 5.15. The van der Waals surface area contributed by atoms with E-state index in [1.54, 1.807) is 0 Å². The lowest BCUT2D eigenvalue weighted by atomic mass is 10.5. The second-order valence-corrected chi connectivity index (χ2v) is 1.71. The van der Waals surface area contributed by atoms with Crippen LogP contribution in [0.15, 0.2) is 0 Å². The van der Waals surface area contributed by atoms with Crippen LogP contribution in [0.3, 0.4) is 0 Å². The lowest BCUT2D eigenvalue weighted by Gasteiger charge is -2.16. The van der Waals surface area contributed by atoms with Crippen molar-refractivity contribution in [3.63, 3.8) is 0 Å². The third kappa shape index (κ3) is 2.96. The molecule has 0 saturated carbocycles. The van der Waals surface area contributed by atoms with Crippen LogP contribution in [0.25, 0.3) is 0 Å². The molecule has 3 heteroatoms. The van der Waals surface area contributed by atoms with E-state index in [-0.39, 0.29) is 0 Å². The van der Waals surface area contributed by atoms with Gasteiger partial charge in [-0.2, -0.15) is 5.53 Å². The van der Waals surface area contributed by atoms with Crippen LogP contribution in [-0.2, 0) is 0 Å². The Morgan fingerprint density at radius 1 is 1.50 bits per heavy atom. The van der Waals surface area contributed by atoms with Gasteiger partial charge in [-0.15, -0.1) is 0 Å². The highest BCUT2D eigenvalue weighted by atomic mass is 15.6. The minimum atomic E-state index is 0.963. The van der Waals surface area contributed by atoms with Crippen molar-refractivity contribution in [3.05, 3.63) is 0 Å². The van der Waals surface area contributed by atoms with Gasteiger partial charge in [0.1, 0.15) is 0 Å². The summed E-state index contributed by atoms with van der Waals surface area (Å²) in [6.45, 7) is 6.17. The van der Waals surface area contributed by atoms with E-state index in [0.717, 1.165) is 19.5 Å². The minimum absolute atomic E-state index is 0.963. The third-order valence-corrected chi connectivity index (χ3v) is 1.06. The van der Waals surface area contributed by atoms with Crippen molar-refractivity contribution in [3.8, 4) is 0 Å². The van der Waals surface area contributed by atoms with Gasteiger partial charge in [0.2, 0.25) is 0 Å². The fraction of sp³-hybridized carbons (Fsp3) is 1.00. The number of hydrazine groups is 2. The molecule has 0 spiro atoms. The summed E-state index contributed by atoms with van der Waals surface area (Å²) < 4.78 is 0. The van der Waals surface area contributed by atoms with E-state index in [2.05, 4.69) is 19.4 Å². The van der Waals surface area contributed by atoms with E-state index < -0.39 is 0 Å². The molecule has 0 radical (unpaired) electrons. The van der Waals surface area contributed by atoms with Crippen molar-refractivity contribution in [1.82, 2.24) is 10.5 Å². The maximum atomic E-state index is 5.15. The van der Waals surface area contributed by atoms with Gasteiger partial charge in [-0.05, 0) is 6.42 Å². The lowest BCUT2D eigenvalue weighted by Crippen LogP contribution is -2.42. The van der Waals surface area contributed by atoms with Crippen molar-refractivity contribution in [2.24, 2.45) is 5.84 Å². The Labute approximate surface area is 50.8 Å². The summed E-state index contributed by atoms with van der Waals surface area (Å²) in [6, 6.07) is 0. The molecule has 50 valence electrons. The second-order valence-electron chi connectivity index (χ2n) is 1.71. The molecule has 8 heavy (non-hydrogen) atoms. The average Bonchev–Trinajstić information content (AvgIpc) is 1.83. The number of nitrogens with two attached hydrogens (primary N) is 1. The molecule has 0 aliphatic carbocycles. The Morgan fingerprint density at radius 3 is 2.25 bits per heavy atom. The second kappa shape index (κ2) is 5.03. The van der Waals surface area contributed by atoms with Gasteiger partial charge in [0, 0.05) is 13.1 Å². The third-order valence-electron chi connectivity index (χ3n) is 1.06. The van der Waals surface area contributed by atoms with Crippen molar-refractivity contribution in [2.75, 3.05) is 13.1 Å². The first-order valence-electron chi connectivity index (χ1n) is 3.06. The molecule has 0 saturated heterocycles. The number of rotatable bonds is 4. The number of nitrogens with zero attached hydrogens (tertiary/aromatic N) is 1. The molecule has 0 rings (SSSR count). The Balaban J connectivity index is 3.07. The molecule has 0 atom stereocenters. The zero-order valence-electron chi connectivity index (χ0n) is 5.65. The van der Waals surface area contributed by atoms with Gasteiger partial charge in [-0.25, -0.2) is 5.01 Å². The molecule has 0 bridgehead atoms. The Bertz CT molecular complexity index is 42.9. The predicted molar refractivity (Wildman–Crippen MR) is 34.9 cm³/mol. The first kappa shape index (κ1) is 7.88. The van der Waals surface area contributed by atoms with Crippen LogP contribution in [0.5, 0.6) is 0 Å². The minimum Gasteiger partial charge on any atom is -0.258 e. The average molecular weight is 117 g/mol. The van der Waals surface area contributed by atoms with Crippen molar-refractivity contribution in [2.45, 2.75) is 20.3 Å². The highest BCUT2D eigenvalue weighted by Gasteiger charge is 1.92. The molecular formula is C5H15N3. The molecule has 0 amide bonds. The van der Waals surface area contributed by atoms with E-state index in [4.69, 9.17) is 5.84 Å². The number of hydrogen-bond acceptors (Lipinski definition) is 3. The lowest BCUT2D eigenvalue weighted by molar-refractivity contribution is 0.201. The zero-order chi connectivity index (χ0) is 6.41. The van der Waals surface area contributed by atoms with E-state index in [1.165, 1.54) is 0 Å². The van der Waals surface area contributed by atoms with Gasteiger partial charge >= 0.3 is 0 Å². The fourth-order valence-electron chi connectivity index (χ4n) is 0.584. The normalized spacial score (nSPS) is 10.5. The van der Waals surface area contributed by atoms with Crippen LogP contribution in [0.1, 0.15) is 20.3 Å². The van der Waals surface area contributed by atoms with E-state index in [9.17, 15) is 0 Å². The summed E-state index contributed by atoms with van der Waals surface area (Å²) in [6.07, 6.45) is 1.14. The molecule has 0 fully saturated rings. The maximum absolute atomic E-state index is 5.15. The molecule has 3 N–H and O–H groups in total. The molecule has 0 aromatic carbocycles. The Hall–Kier alpha value is -0.120. The molecule has 0 heterocycles. The standard InChI is InChI=1S/C5H15N3/c1-3-5-8(4-2)7-6/h7H,3-6H2,1-2H3. The zero-order valence-corrected chi connectivity index (χ0v) is 5.65. The summed E-state index contributed by atoms with van der Waals surface area (Å²) in [5, 5.41) is 1.96. The molecule has 0 unspecified atom stereocenters. The van der Waals surface area contributed by atoms with Gasteiger partial charge in [0.05, 0.1) is 0 Å². The van der Waals surface area contributed by atoms with Gasteiger partial charge in [-0.3, -0.25) is 5.84 Å². The monoisotopic (exact) mass is 117 g/mol. The van der Waals surface area contributed by atoms with Crippen LogP contribution >= 0.6 is 0 Å². The van der Waals surface area contributed by atoms with E-state index >= 15 is 0 Å².